The molecule has 0 aliphatic heterocycles. The fourth-order valence-electron chi connectivity index (χ4n) is 1.99. The molecule has 0 unspecified atom stereocenters. The van der Waals surface area contributed by atoms with Crippen LogP contribution in [0, 0.1) is 6.92 Å². The minimum absolute atomic E-state index is 0.0805. The number of halogens is 6. The smallest absolute Gasteiger partial charge is 0.434 e. The normalized spacial score (nSPS) is 12.3. The van der Waals surface area contributed by atoms with Crippen molar-refractivity contribution in [3.8, 4) is 22.5 Å². The highest BCUT2D eigenvalue weighted by Crippen LogP contribution is 2.35. The second-order valence-electron chi connectivity index (χ2n) is 5.35. The first-order chi connectivity index (χ1) is 12.5. The topological polar surface area (TPSA) is 47.9 Å². The molecule has 11 heteroatoms. The fourth-order valence-corrected chi connectivity index (χ4v) is 2.75. The van der Waals surface area contributed by atoms with Gasteiger partial charge in [-0.25, -0.2) is 9.97 Å². The van der Waals surface area contributed by atoms with E-state index in [-0.39, 0.29) is 22.5 Å². The van der Waals surface area contributed by atoms with Gasteiger partial charge in [0.25, 0.3) is 0 Å². The number of ether oxygens (including phenoxy) is 1. The minimum Gasteiger partial charge on any atom is -0.439 e. The van der Waals surface area contributed by atoms with E-state index in [4.69, 9.17) is 4.74 Å². The van der Waals surface area contributed by atoms with Gasteiger partial charge in [0.1, 0.15) is 5.75 Å². The van der Waals surface area contributed by atoms with Crippen LogP contribution in [0.5, 0.6) is 11.6 Å². The number of benzene rings is 1. The number of alkyl halides is 6. The zero-order valence-corrected chi connectivity index (χ0v) is 14.2. The molecule has 142 valence electrons. The van der Waals surface area contributed by atoms with E-state index in [0.717, 1.165) is 17.5 Å². The summed E-state index contributed by atoms with van der Waals surface area (Å²) < 4.78 is 81.8. The first-order valence-electron chi connectivity index (χ1n) is 7.26. The predicted octanol–water partition coefficient (Wildman–Crippen LogP) is 5.74. The Balaban J connectivity index is 1.92. The predicted molar refractivity (Wildman–Crippen MR) is 84.4 cm³/mol. The molecule has 2 heterocycles. The number of hydrogen-bond acceptors (Lipinski definition) is 5. The van der Waals surface area contributed by atoms with Crippen LogP contribution >= 0.6 is 11.3 Å². The lowest BCUT2D eigenvalue weighted by atomic mass is 10.2. The summed E-state index contributed by atoms with van der Waals surface area (Å²) in [6.45, 7) is 1.55. The number of aromatic nitrogens is 3. The lowest BCUT2D eigenvalue weighted by Crippen LogP contribution is -2.05. The Morgan fingerprint density at radius 2 is 1.74 bits per heavy atom. The summed E-state index contributed by atoms with van der Waals surface area (Å²) in [4.78, 5) is 11.3. The molecule has 0 spiro atoms. The first-order valence-corrected chi connectivity index (χ1v) is 8.14. The summed E-state index contributed by atoms with van der Waals surface area (Å²) in [5, 5.41) is 0.738. The van der Waals surface area contributed by atoms with Crippen LogP contribution in [0.15, 0.2) is 35.8 Å². The maximum absolute atomic E-state index is 12.8. The Labute approximate surface area is 152 Å². The third-order valence-electron chi connectivity index (χ3n) is 3.29. The monoisotopic (exact) mass is 405 g/mol. The Hall–Kier alpha value is -2.69. The zero-order chi connectivity index (χ0) is 19.8. The summed E-state index contributed by atoms with van der Waals surface area (Å²) in [6.07, 6.45) is -7.85. The molecule has 0 saturated carbocycles. The quantitative estimate of drug-likeness (QED) is 0.522. The number of nitrogens with zero attached hydrogens (tertiary/aromatic N) is 3. The van der Waals surface area contributed by atoms with E-state index in [9.17, 15) is 26.3 Å². The minimum atomic E-state index is -4.60. The Morgan fingerprint density at radius 3 is 2.37 bits per heavy atom. The van der Waals surface area contributed by atoms with E-state index in [2.05, 4.69) is 15.0 Å². The number of rotatable bonds is 3. The van der Waals surface area contributed by atoms with Crippen molar-refractivity contribution in [2.45, 2.75) is 19.3 Å². The zero-order valence-electron chi connectivity index (χ0n) is 13.4. The molecule has 0 atom stereocenters. The number of aryl methyl sites for hydroxylation is 1. The van der Waals surface area contributed by atoms with Gasteiger partial charge in [-0.3, -0.25) is 0 Å². The van der Waals surface area contributed by atoms with Crippen LogP contribution < -0.4 is 4.74 Å². The van der Waals surface area contributed by atoms with Gasteiger partial charge >= 0.3 is 12.4 Å². The standard InChI is InChI=1S/C16H9F6N3OS/c1-8-6-23-12(14-24-11(7-27-14)16(20,21)22)25-13(8)26-10-4-2-3-9(5-10)15(17,18)19/h2-7H,1H3. The average Bonchev–Trinajstić information content (AvgIpc) is 3.07. The molecular weight excluding hydrogens is 396 g/mol. The van der Waals surface area contributed by atoms with Crippen LogP contribution in [0.1, 0.15) is 16.8 Å². The van der Waals surface area contributed by atoms with E-state index >= 15 is 0 Å². The van der Waals surface area contributed by atoms with E-state index in [1.807, 2.05) is 0 Å². The average molecular weight is 405 g/mol. The van der Waals surface area contributed by atoms with Crippen LogP contribution in [0.2, 0.25) is 0 Å². The molecule has 0 amide bonds. The molecule has 0 saturated heterocycles. The van der Waals surface area contributed by atoms with E-state index < -0.39 is 23.6 Å². The van der Waals surface area contributed by atoms with Crippen molar-refractivity contribution in [3.63, 3.8) is 0 Å². The number of hydrogen-bond donors (Lipinski definition) is 0. The van der Waals surface area contributed by atoms with Crippen molar-refractivity contribution in [1.82, 2.24) is 15.0 Å². The van der Waals surface area contributed by atoms with Gasteiger partial charge in [0.15, 0.2) is 16.5 Å². The Kier molecular flexibility index (Phi) is 4.81. The second kappa shape index (κ2) is 6.80. The van der Waals surface area contributed by atoms with Gasteiger partial charge in [-0.2, -0.15) is 31.3 Å². The van der Waals surface area contributed by atoms with Gasteiger partial charge in [-0.15, -0.1) is 11.3 Å². The van der Waals surface area contributed by atoms with Gasteiger partial charge in [-0.05, 0) is 25.1 Å². The van der Waals surface area contributed by atoms with Crippen LogP contribution in [-0.2, 0) is 12.4 Å². The largest absolute Gasteiger partial charge is 0.439 e. The molecule has 0 bridgehead atoms. The van der Waals surface area contributed by atoms with Crippen LogP contribution in [0.4, 0.5) is 26.3 Å². The molecule has 0 N–H and O–H groups in total. The van der Waals surface area contributed by atoms with E-state index in [0.29, 0.717) is 16.9 Å². The Morgan fingerprint density at radius 1 is 1.00 bits per heavy atom. The van der Waals surface area contributed by atoms with Crippen molar-refractivity contribution in [2.75, 3.05) is 0 Å². The maximum atomic E-state index is 12.8. The second-order valence-corrected chi connectivity index (χ2v) is 6.20. The van der Waals surface area contributed by atoms with Crippen molar-refractivity contribution in [2.24, 2.45) is 0 Å². The molecule has 4 nitrogen and oxygen atoms in total. The van der Waals surface area contributed by atoms with Crippen molar-refractivity contribution >= 4 is 11.3 Å². The molecular formula is C16H9F6N3OS. The Bertz CT molecular complexity index is 967. The highest BCUT2D eigenvalue weighted by Gasteiger charge is 2.34. The van der Waals surface area contributed by atoms with Gasteiger partial charge in [0, 0.05) is 17.1 Å². The van der Waals surface area contributed by atoms with Gasteiger partial charge in [0.05, 0.1) is 5.56 Å². The van der Waals surface area contributed by atoms with Gasteiger partial charge in [-0.1, -0.05) is 6.07 Å². The summed E-state index contributed by atoms with van der Waals surface area (Å²) in [7, 11) is 0. The van der Waals surface area contributed by atoms with Crippen molar-refractivity contribution < 1.29 is 31.1 Å². The van der Waals surface area contributed by atoms with Gasteiger partial charge in [0.2, 0.25) is 5.88 Å². The highest BCUT2D eigenvalue weighted by atomic mass is 32.1. The fraction of sp³-hybridized carbons (Fsp3) is 0.188. The molecule has 3 rings (SSSR count). The lowest BCUT2D eigenvalue weighted by Gasteiger charge is -2.11. The van der Waals surface area contributed by atoms with Crippen LogP contribution in [-0.4, -0.2) is 15.0 Å². The molecule has 0 fully saturated rings. The lowest BCUT2D eigenvalue weighted by molar-refractivity contribution is -0.140. The van der Waals surface area contributed by atoms with Crippen LogP contribution in [0.3, 0.4) is 0 Å². The summed E-state index contributed by atoms with van der Waals surface area (Å²) in [6, 6.07) is 4.17. The summed E-state index contributed by atoms with van der Waals surface area (Å²) in [5.74, 6) is -0.321. The van der Waals surface area contributed by atoms with Crippen molar-refractivity contribution in [1.29, 1.82) is 0 Å². The van der Waals surface area contributed by atoms with E-state index in [1.54, 1.807) is 6.92 Å². The molecule has 0 aliphatic carbocycles. The third-order valence-corrected chi connectivity index (χ3v) is 4.13. The maximum Gasteiger partial charge on any atom is 0.434 e. The molecule has 0 radical (unpaired) electrons. The molecule has 3 aromatic rings. The molecule has 2 aromatic heterocycles. The highest BCUT2D eigenvalue weighted by molar-refractivity contribution is 7.13. The summed E-state index contributed by atoms with van der Waals surface area (Å²) >= 11 is 0.696. The SMILES string of the molecule is Cc1cnc(-c2nc(C(F)(F)F)cs2)nc1Oc1cccc(C(F)(F)F)c1. The third kappa shape index (κ3) is 4.35. The van der Waals surface area contributed by atoms with Crippen LogP contribution in [0.25, 0.3) is 10.8 Å². The first kappa shape index (κ1) is 19.1. The summed E-state index contributed by atoms with van der Waals surface area (Å²) in [5.41, 5.74) is -1.59. The van der Waals surface area contributed by atoms with Gasteiger partial charge < -0.3 is 4.74 Å². The molecule has 1 aromatic carbocycles. The van der Waals surface area contributed by atoms with Crippen molar-refractivity contribution in [3.05, 3.63) is 52.7 Å². The number of thiazole rings is 1. The molecule has 0 aliphatic rings. The van der Waals surface area contributed by atoms with E-state index in [1.165, 1.54) is 18.3 Å². The molecule has 27 heavy (non-hydrogen) atoms.